The van der Waals surface area contributed by atoms with Crippen molar-refractivity contribution in [3.8, 4) is 0 Å². The van der Waals surface area contributed by atoms with Gasteiger partial charge < -0.3 is 0 Å². The SMILES string of the molecule is Cc1ccc(S(=O)(=O)N2CCC[C@@H](C)C2)c(C)c1. The Morgan fingerprint density at radius 2 is 2.00 bits per heavy atom. The summed E-state index contributed by atoms with van der Waals surface area (Å²) in [6, 6.07) is 5.53. The third kappa shape index (κ3) is 2.59. The first kappa shape index (κ1) is 13.6. The van der Waals surface area contributed by atoms with E-state index >= 15 is 0 Å². The molecule has 1 atom stereocenters. The number of sulfonamides is 1. The molecule has 4 heteroatoms. The molecule has 0 radical (unpaired) electrons. The minimum atomic E-state index is -3.31. The van der Waals surface area contributed by atoms with Gasteiger partial charge in [-0.15, -0.1) is 0 Å². The van der Waals surface area contributed by atoms with E-state index in [1.807, 2.05) is 26.0 Å². The van der Waals surface area contributed by atoms with E-state index in [-0.39, 0.29) is 0 Å². The molecule has 1 heterocycles. The molecule has 1 saturated heterocycles. The van der Waals surface area contributed by atoms with E-state index < -0.39 is 10.0 Å². The fraction of sp³-hybridized carbons (Fsp3) is 0.571. The van der Waals surface area contributed by atoms with Crippen molar-refractivity contribution in [2.45, 2.75) is 38.5 Å². The molecule has 0 saturated carbocycles. The first-order valence-electron chi connectivity index (χ1n) is 6.48. The van der Waals surface area contributed by atoms with Crippen LogP contribution in [0.5, 0.6) is 0 Å². The first-order chi connectivity index (χ1) is 8.41. The van der Waals surface area contributed by atoms with Crippen LogP contribution in [0.25, 0.3) is 0 Å². The van der Waals surface area contributed by atoms with Gasteiger partial charge in [0.25, 0.3) is 0 Å². The number of piperidine rings is 1. The molecular weight excluding hydrogens is 246 g/mol. The molecule has 1 aliphatic heterocycles. The van der Waals surface area contributed by atoms with Crippen molar-refractivity contribution >= 4 is 10.0 Å². The summed E-state index contributed by atoms with van der Waals surface area (Å²) >= 11 is 0. The maximum Gasteiger partial charge on any atom is 0.243 e. The van der Waals surface area contributed by atoms with Gasteiger partial charge in [0.05, 0.1) is 4.90 Å². The molecule has 1 aromatic carbocycles. The molecular formula is C14H21NO2S. The molecule has 1 aliphatic rings. The molecule has 1 fully saturated rings. The van der Waals surface area contributed by atoms with E-state index in [9.17, 15) is 8.42 Å². The van der Waals surface area contributed by atoms with Gasteiger partial charge in [0.2, 0.25) is 10.0 Å². The fourth-order valence-corrected chi connectivity index (χ4v) is 4.40. The van der Waals surface area contributed by atoms with Crippen LogP contribution in [0.15, 0.2) is 23.1 Å². The van der Waals surface area contributed by atoms with Crippen LogP contribution in [0.3, 0.4) is 0 Å². The number of aryl methyl sites for hydroxylation is 2. The van der Waals surface area contributed by atoms with Crippen molar-refractivity contribution in [2.75, 3.05) is 13.1 Å². The number of nitrogens with zero attached hydrogens (tertiary/aromatic N) is 1. The molecule has 0 spiro atoms. The molecule has 0 unspecified atom stereocenters. The number of benzene rings is 1. The molecule has 100 valence electrons. The van der Waals surface area contributed by atoms with Crippen molar-refractivity contribution in [3.63, 3.8) is 0 Å². The predicted octanol–water partition coefficient (Wildman–Crippen LogP) is 2.72. The predicted molar refractivity (Wildman–Crippen MR) is 73.1 cm³/mol. The Balaban J connectivity index is 2.35. The minimum Gasteiger partial charge on any atom is -0.207 e. The summed E-state index contributed by atoms with van der Waals surface area (Å²) in [5, 5.41) is 0. The van der Waals surface area contributed by atoms with Crippen LogP contribution >= 0.6 is 0 Å². The van der Waals surface area contributed by atoms with Gasteiger partial charge in [-0.2, -0.15) is 4.31 Å². The smallest absolute Gasteiger partial charge is 0.207 e. The van der Waals surface area contributed by atoms with Gasteiger partial charge in [0.1, 0.15) is 0 Å². The van der Waals surface area contributed by atoms with Gasteiger partial charge in [0.15, 0.2) is 0 Å². The molecule has 0 aliphatic carbocycles. The van der Waals surface area contributed by atoms with Crippen LogP contribution in [-0.4, -0.2) is 25.8 Å². The Morgan fingerprint density at radius 3 is 2.61 bits per heavy atom. The van der Waals surface area contributed by atoms with Gasteiger partial charge >= 0.3 is 0 Å². The standard InChI is InChI=1S/C14H21NO2S/c1-11-6-7-14(13(3)9-11)18(16,17)15-8-4-5-12(2)10-15/h6-7,9,12H,4-5,8,10H2,1-3H3/t12-/m1/s1. The third-order valence-electron chi connectivity index (χ3n) is 3.57. The Morgan fingerprint density at radius 1 is 1.28 bits per heavy atom. The van der Waals surface area contributed by atoms with Crippen molar-refractivity contribution in [2.24, 2.45) is 5.92 Å². The highest BCUT2D eigenvalue weighted by Crippen LogP contribution is 2.25. The molecule has 3 nitrogen and oxygen atoms in total. The van der Waals surface area contributed by atoms with E-state index in [1.165, 1.54) is 0 Å². The molecule has 0 bridgehead atoms. The number of hydrogen-bond donors (Lipinski definition) is 0. The topological polar surface area (TPSA) is 37.4 Å². The zero-order chi connectivity index (χ0) is 13.3. The van der Waals surface area contributed by atoms with Gasteiger partial charge in [0, 0.05) is 13.1 Å². The molecule has 0 amide bonds. The van der Waals surface area contributed by atoms with E-state index in [2.05, 4.69) is 6.92 Å². The lowest BCUT2D eigenvalue weighted by Gasteiger charge is -2.30. The molecule has 0 N–H and O–H groups in total. The van der Waals surface area contributed by atoms with Crippen LogP contribution in [-0.2, 0) is 10.0 Å². The monoisotopic (exact) mass is 267 g/mol. The van der Waals surface area contributed by atoms with E-state index in [0.29, 0.717) is 23.9 Å². The fourth-order valence-electron chi connectivity index (χ4n) is 2.59. The van der Waals surface area contributed by atoms with E-state index in [4.69, 9.17) is 0 Å². The average Bonchev–Trinajstić information content (AvgIpc) is 2.28. The summed E-state index contributed by atoms with van der Waals surface area (Å²) in [6.07, 6.45) is 2.09. The lowest BCUT2D eigenvalue weighted by atomic mass is 10.0. The minimum absolute atomic E-state index is 0.458. The largest absolute Gasteiger partial charge is 0.243 e. The molecule has 1 aromatic rings. The van der Waals surface area contributed by atoms with Crippen LogP contribution in [0.1, 0.15) is 30.9 Å². The lowest BCUT2D eigenvalue weighted by molar-refractivity contribution is 0.281. The van der Waals surface area contributed by atoms with Crippen molar-refractivity contribution in [1.29, 1.82) is 0 Å². The summed E-state index contributed by atoms with van der Waals surface area (Å²) in [5.41, 5.74) is 1.94. The van der Waals surface area contributed by atoms with Crippen molar-refractivity contribution in [1.82, 2.24) is 4.31 Å². The van der Waals surface area contributed by atoms with E-state index in [0.717, 1.165) is 24.0 Å². The Labute approximate surface area is 110 Å². The van der Waals surface area contributed by atoms with Gasteiger partial charge in [-0.1, -0.05) is 24.6 Å². The highest BCUT2D eigenvalue weighted by molar-refractivity contribution is 7.89. The second-order valence-electron chi connectivity index (χ2n) is 5.38. The van der Waals surface area contributed by atoms with Crippen LogP contribution in [0, 0.1) is 19.8 Å². The first-order valence-corrected chi connectivity index (χ1v) is 7.92. The summed E-state index contributed by atoms with van der Waals surface area (Å²) in [6.45, 7) is 7.26. The average molecular weight is 267 g/mol. The highest BCUT2D eigenvalue weighted by atomic mass is 32.2. The Kier molecular flexibility index (Phi) is 3.78. The zero-order valence-electron chi connectivity index (χ0n) is 11.3. The van der Waals surface area contributed by atoms with Gasteiger partial charge in [-0.25, -0.2) is 8.42 Å². The molecule has 2 rings (SSSR count). The van der Waals surface area contributed by atoms with Crippen molar-refractivity contribution in [3.05, 3.63) is 29.3 Å². The summed E-state index contributed by atoms with van der Waals surface area (Å²) in [5.74, 6) is 0.458. The summed E-state index contributed by atoms with van der Waals surface area (Å²) in [7, 11) is -3.31. The summed E-state index contributed by atoms with van der Waals surface area (Å²) in [4.78, 5) is 0.460. The molecule has 0 aromatic heterocycles. The second-order valence-corrected chi connectivity index (χ2v) is 7.29. The van der Waals surface area contributed by atoms with Crippen molar-refractivity contribution < 1.29 is 8.42 Å². The summed E-state index contributed by atoms with van der Waals surface area (Å²) < 4.78 is 26.8. The van der Waals surface area contributed by atoms with Crippen LogP contribution in [0.4, 0.5) is 0 Å². The van der Waals surface area contributed by atoms with Crippen LogP contribution in [0.2, 0.25) is 0 Å². The van der Waals surface area contributed by atoms with Crippen LogP contribution < -0.4 is 0 Å². The maximum atomic E-state index is 12.6. The number of hydrogen-bond acceptors (Lipinski definition) is 2. The maximum absolute atomic E-state index is 12.6. The normalized spacial score (nSPS) is 22.1. The third-order valence-corrected chi connectivity index (χ3v) is 5.59. The van der Waals surface area contributed by atoms with Gasteiger partial charge in [-0.05, 0) is 44.2 Å². The Bertz CT molecular complexity index is 537. The zero-order valence-corrected chi connectivity index (χ0v) is 12.1. The van der Waals surface area contributed by atoms with Gasteiger partial charge in [-0.3, -0.25) is 0 Å². The quantitative estimate of drug-likeness (QED) is 0.826. The van der Waals surface area contributed by atoms with E-state index in [1.54, 1.807) is 10.4 Å². The second kappa shape index (κ2) is 5.02. The Hall–Kier alpha value is -0.870. The highest BCUT2D eigenvalue weighted by Gasteiger charge is 2.29. The molecule has 18 heavy (non-hydrogen) atoms. The number of rotatable bonds is 2. The lowest BCUT2D eigenvalue weighted by Crippen LogP contribution is -2.39.